The van der Waals surface area contributed by atoms with E-state index in [-0.39, 0.29) is 24.3 Å². The summed E-state index contributed by atoms with van der Waals surface area (Å²) >= 11 is 0. The van der Waals surface area contributed by atoms with E-state index < -0.39 is 78.4 Å². The summed E-state index contributed by atoms with van der Waals surface area (Å²) in [5.41, 5.74) is 5.90. The Morgan fingerprint density at radius 2 is 1.62 bits per heavy atom. The molecule has 272 valence electrons. The second kappa shape index (κ2) is 18.5. The first-order chi connectivity index (χ1) is 22.8. The monoisotopic (exact) mass is 678 g/mol. The van der Waals surface area contributed by atoms with E-state index in [1.54, 1.807) is 14.0 Å². The largest absolute Gasteiger partial charge is 0.460 e. The van der Waals surface area contributed by atoms with Crippen LogP contribution in [0.15, 0.2) is 0 Å². The quantitative estimate of drug-likeness (QED) is 0.140. The third-order valence-electron chi connectivity index (χ3n) is 10.4. The van der Waals surface area contributed by atoms with Crippen molar-refractivity contribution in [2.24, 2.45) is 29.4 Å². The fraction of sp³-hybridized carbons (Fsp3) is 0.824. The minimum absolute atomic E-state index is 0.159. The van der Waals surface area contributed by atoms with E-state index in [4.69, 9.17) is 10.5 Å². The van der Waals surface area contributed by atoms with Gasteiger partial charge in [0.1, 0.15) is 36.8 Å². The second-order valence-corrected chi connectivity index (χ2v) is 14.0. The lowest BCUT2D eigenvalue weighted by Crippen LogP contribution is -2.62. The number of amides is 5. The van der Waals surface area contributed by atoms with Crippen LogP contribution in [0.25, 0.3) is 0 Å². The number of rotatable bonds is 10. The summed E-state index contributed by atoms with van der Waals surface area (Å²) in [5, 5.41) is 20.8. The van der Waals surface area contributed by atoms with Gasteiger partial charge in [0.15, 0.2) is 0 Å². The molecule has 2 saturated carbocycles. The van der Waals surface area contributed by atoms with Crippen molar-refractivity contribution in [2.75, 3.05) is 20.1 Å². The van der Waals surface area contributed by atoms with Gasteiger partial charge in [-0.2, -0.15) is 0 Å². The highest BCUT2D eigenvalue weighted by Gasteiger charge is 2.47. The number of hydrogen-bond donors (Lipinski definition) is 6. The van der Waals surface area contributed by atoms with Gasteiger partial charge in [-0.3, -0.25) is 28.8 Å². The summed E-state index contributed by atoms with van der Waals surface area (Å²) in [7, 11) is 1.55. The molecule has 4 unspecified atom stereocenters. The summed E-state index contributed by atoms with van der Waals surface area (Å²) in [5.74, 6) is -4.15. The van der Waals surface area contributed by atoms with E-state index in [0.29, 0.717) is 31.6 Å². The minimum atomic E-state index is -1.46. The Hall–Kier alpha value is -3.26. The summed E-state index contributed by atoms with van der Waals surface area (Å²) in [6.45, 7) is 6.06. The molecule has 48 heavy (non-hydrogen) atoms. The lowest BCUT2D eigenvalue weighted by Gasteiger charge is -2.35. The fourth-order valence-corrected chi connectivity index (χ4v) is 7.54. The van der Waals surface area contributed by atoms with Crippen LogP contribution in [0.1, 0.15) is 98.3 Å². The maximum absolute atomic E-state index is 14.0. The van der Waals surface area contributed by atoms with Gasteiger partial charge in [0.05, 0.1) is 12.0 Å². The highest BCUT2D eigenvalue weighted by Crippen LogP contribution is 2.49. The molecule has 1 saturated heterocycles. The molecule has 2 aliphatic carbocycles. The molecule has 3 fully saturated rings. The Kier molecular flexibility index (Phi) is 15.1. The van der Waals surface area contributed by atoms with Crippen molar-refractivity contribution < 1.29 is 38.6 Å². The Bertz CT molecular complexity index is 1150. The van der Waals surface area contributed by atoms with E-state index in [1.807, 2.05) is 6.92 Å². The van der Waals surface area contributed by atoms with Gasteiger partial charge < -0.3 is 41.7 Å². The van der Waals surface area contributed by atoms with Gasteiger partial charge in [-0.25, -0.2) is 0 Å². The number of fused-ring (bicyclic) bond motifs is 2. The highest BCUT2D eigenvalue weighted by atomic mass is 16.5. The van der Waals surface area contributed by atoms with E-state index in [1.165, 1.54) is 11.8 Å². The zero-order chi connectivity index (χ0) is 35.5. The molecule has 3 aliphatic rings. The number of unbranched alkanes of at least 4 members (excludes halogenated alkanes) is 3. The first kappa shape index (κ1) is 39.2. The molecule has 3 rings (SSSR count). The van der Waals surface area contributed by atoms with Crippen molar-refractivity contribution in [1.29, 1.82) is 0 Å². The predicted octanol–water partition coefficient (Wildman–Crippen LogP) is 0.492. The Morgan fingerprint density at radius 1 is 0.896 bits per heavy atom. The summed E-state index contributed by atoms with van der Waals surface area (Å²) < 4.78 is 5.75. The van der Waals surface area contributed by atoms with Crippen LogP contribution in [0.4, 0.5) is 0 Å². The SMILES string of the molecule is CCCCCC[C@H]1OC(=O)CNC(=O)[C@H]([C@H](C)O)NC(=O)[C@H](CN)NC(=O)C(C2CC3CCC2C3)NC(=O)[C@H](CCC)N(C)C(=O)[C@@H]1C. The number of likely N-dealkylation sites (N-methyl/N-ethyl adjacent to an activating group) is 1. The van der Waals surface area contributed by atoms with Crippen molar-refractivity contribution in [3.05, 3.63) is 0 Å². The van der Waals surface area contributed by atoms with Gasteiger partial charge >= 0.3 is 5.97 Å². The molecule has 0 aromatic heterocycles. The van der Waals surface area contributed by atoms with Crippen molar-refractivity contribution in [3.8, 4) is 0 Å². The molecule has 1 aliphatic heterocycles. The van der Waals surface area contributed by atoms with Crippen LogP contribution in [-0.4, -0.2) is 102 Å². The molecule has 7 N–H and O–H groups in total. The van der Waals surface area contributed by atoms with Crippen LogP contribution in [0, 0.1) is 23.7 Å². The molecule has 0 radical (unpaired) electrons. The molecular weight excluding hydrogens is 620 g/mol. The number of cyclic esters (lactones) is 1. The zero-order valence-corrected chi connectivity index (χ0v) is 29.3. The first-order valence-electron chi connectivity index (χ1n) is 17.9. The van der Waals surface area contributed by atoms with E-state index in [2.05, 4.69) is 28.2 Å². The lowest BCUT2D eigenvalue weighted by molar-refractivity contribution is -0.157. The predicted molar refractivity (Wildman–Crippen MR) is 178 cm³/mol. The molecule has 0 spiro atoms. The van der Waals surface area contributed by atoms with Gasteiger partial charge in [-0.15, -0.1) is 0 Å². The number of esters is 1. The molecule has 2 bridgehead atoms. The van der Waals surface area contributed by atoms with Gasteiger partial charge in [-0.05, 0) is 63.2 Å². The molecule has 0 aromatic carbocycles. The number of aliphatic hydroxyl groups excluding tert-OH is 1. The van der Waals surface area contributed by atoms with Crippen LogP contribution in [0.5, 0.6) is 0 Å². The van der Waals surface area contributed by atoms with Crippen LogP contribution < -0.4 is 27.0 Å². The lowest BCUT2D eigenvalue weighted by atomic mass is 9.82. The maximum atomic E-state index is 14.0. The summed E-state index contributed by atoms with van der Waals surface area (Å²) in [6, 6.07) is -4.60. The number of carbonyl (C=O) groups excluding carboxylic acids is 6. The fourth-order valence-electron chi connectivity index (χ4n) is 7.54. The standard InChI is InChI=1S/C34H58N6O8/c1-6-8-9-10-12-26-19(3)34(47)40(5)25(11-7-2)31(44)39-29(23-16-21-13-14-22(23)15-21)33(46)37-24(17-35)30(43)38-28(20(4)41)32(45)36-18-27(42)48-26/h19-26,28-29,41H,6-18,35H2,1-5H3,(H,36,45)(H,37,46)(H,38,43)(H,39,44)/t19-,20+,21?,22?,23?,24+,25+,26-,28+,29?/m1/s1. The Labute approximate surface area is 284 Å². The van der Waals surface area contributed by atoms with E-state index in [9.17, 15) is 33.9 Å². The summed E-state index contributed by atoms with van der Waals surface area (Å²) in [4.78, 5) is 82.6. The molecule has 5 amide bonds. The van der Waals surface area contributed by atoms with Crippen molar-refractivity contribution in [1.82, 2.24) is 26.2 Å². The van der Waals surface area contributed by atoms with Crippen LogP contribution in [-0.2, 0) is 33.5 Å². The molecule has 14 heteroatoms. The smallest absolute Gasteiger partial charge is 0.325 e. The third kappa shape index (κ3) is 10.1. The molecular formula is C34H58N6O8. The average Bonchev–Trinajstić information content (AvgIpc) is 3.70. The van der Waals surface area contributed by atoms with Crippen molar-refractivity contribution in [3.63, 3.8) is 0 Å². The molecule has 0 aromatic rings. The normalized spacial score (nSPS) is 33.5. The highest BCUT2D eigenvalue weighted by molar-refractivity contribution is 5.96. The molecule has 1 heterocycles. The topological polar surface area (TPSA) is 209 Å². The third-order valence-corrected chi connectivity index (χ3v) is 10.4. The molecule has 14 nitrogen and oxygen atoms in total. The zero-order valence-electron chi connectivity index (χ0n) is 29.3. The number of nitrogens with one attached hydrogen (secondary N) is 4. The number of aliphatic hydroxyl groups is 1. The van der Waals surface area contributed by atoms with Gasteiger partial charge in [0.25, 0.3) is 0 Å². The number of ether oxygens (including phenoxy) is 1. The van der Waals surface area contributed by atoms with E-state index in [0.717, 1.165) is 44.9 Å². The number of nitrogens with two attached hydrogens (primary N) is 1. The average molecular weight is 679 g/mol. The second-order valence-electron chi connectivity index (χ2n) is 14.0. The van der Waals surface area contributed by atoms with Gasteiger partial charge in [-0.1, -0.05) is 52.9 Å². The Balaban J connectivity index is 1.99. The maximum Gasteiger partial charge on any atom is 0.325 e. The summed E-state index contributed by atoms with van der Waals surface area (Å²) in [6.07, 6.45) is 6.44. The van der Waals surface area contributed by atoms with Crippen LogP contribution in [0.3, 0.4) is 0 Å². The number of hydrogen-bond acceptors (Lipinski definition) is 9. The van der Waals surface area contributed by atoms with Crippen molar-refractivity contribution in [2.45, 2.75) is 135 Å². The first-order valence-corrected chi connectivity index (χ1v) is 17.9. The number of nitrogens with zero attached hydrogens (tertiary/aromatic N) is 1. The van der Waals surface area contributed by atoms with Crippen LogP contribution >= 0.6 is 0 Å². The van der Waals surface area contributed by atoms with E-state index >= 15 is 0 Å². The van der Waals surface area contributed by atoms with Gasteiger partial charge in [0, 0.05) is 13.6 Å². The van der Waals surface area contributed by atoms with Gasteiger partial charge in [0.2, 0.25) is 29.5 Å². The van der Waals surface area contributed by atoms with Crippen molar-refractivity contribution >= 4 is 35.5 Å². The minimum Gasteiger partial charge on any atom is -0.460 e. The Morgan fingerprint density at radius 3 is 2.21 bits per heavy atom. The number of carbonyl (C=O) groups is 6. The van der Waals surface area contributed by atoms with Crippen LogP contribution in [0.2, 0.25) is 0 Å². The molecule has 10 atom stereocenters.